The van der Waals surface area contributed by atoms with Crippen molar-refractivity contribution in [2.45, 2.75) is 0 Å². The SMILES string of the molecule is [O]=[Ti+].[c-]1ccccc1. The van der Waals surface area contributed by atoms with Crippen LogP contribution in [0.5, 0.6) is 0 Å². The van der Waals surface area contributed by atoms with Crippen LogP contribution in [0.1, 0.15) is 0 Å². The Morgan fingerprint density at radius 1 is 1.00 bits per heavy atom. The number of benzene rings is 1. The Balaban J connectivity index is 0.000000222. The van der Waals surface area contributed by atoms with Gasteiger partial charge in [-0.25, -0.2) is 0 Å². The van der Waals surface area contributed by atoms with Crippen LogP contribution in [0.25, 0.3) is 0 Å². The first-order valence-electron chi connectivity index (χ1n) is 2.11. The molecular weight excluding hydrogens is 136 g/mol. The second-order valence-corrected chi connectivity index (χ2v) is 1.08. The van der Waals surface area contributed by atoms with E-state index >= 15 is 0 Å². The van der Waals surface area contributed by atoms with Gasteiger partial charge in [-0.05, 0) is 0 Å². The zero-order valence-corrected chi connectivity index (χ0v) is 5.86. The Labute approximate surface area is 60.5 Å². The van der Waals surface area contributed by atoms with Crippen LogP contribution in [0, 0.1) is 6.07 Å². The monoisotopic (exact) mass is 141 g/mol. The molecule has 0 N–H and O–H groups in total. The molecule has 0 saturated carbocycles. The number of rotatable bonds is 0. The first-order chi connectivity index (χ1) is 4.00. The van der Waals surface area contributed by atoms with Crippen molar-refractivity contribution in [2.75, 3.05) is 0 Å². The van der Waals surface area contributed by atoms with Gasteiger partial charge >= 0.3 is 23.7 Å². The molecule has 2 heteroatoms. The zero-order chi connectivity index (χ0) is 6.24. The van der Waals surface area contributed by atoms with Crippen molar-refractivity contribution in [2.24, 2.45) is 0 Å². The third kappa shape index (κ3) is 3.91. The molecule has 1 aromatic carbocycles. The summed E-state index contributed by atoms with van der Waals surface area (Å²) < 4.78 is 8.25. The molecular formula is C6H5OTi. The van der Waals surface area contributed by atoms with Gasteiger partial charge < -0.3 is 0 Å². The van der Waals surface area contributed by atoms with Crippen LogP contribution in [0.15, 0.2) is 30.3 Å². The molecule has 0 atom stereocenters. The summed E-state index contributed by atoms with van der Waals surface area (Å²) in [7, 11) is 0. The van der Waals surface area contributed by atoms with Crippen LogP contribution in [-0.2, 0) is 23.7 Å². The molecule has 0 unspecified atom stereocenters. The van der Waals surface area contributed by atoms with E-state index in [-0.39, 0.29) is 0 Å². The van der Waals surface area contributed by atoms with Gasteiger partial charge in [-0.1, -0.05) is 0 Å². The van der Waals surface area contributed by atoms with Gasteiger partial charge in [0.15, 0.2) is 0 Å². The van der Waals surface area contributed by atoms with Crippen LogP contribution in [0.4, 0.5) is 0 Å². The Hall–Kier alpha value is -0.266. The van der Waals surface area contributed by atoms with E-state index in [0.717, 1.165) is 20.4 Å². The molecule has 39 valence electrons. The van der Waals surface area contributed by atoms with Crippen molar-refractivity contribution in [3.05, 3.63) is 36.4 Å². The van der Waals surface area contributed by atoms with E-state index in [4.69, 9.17) is 3.32 Å². The van der Waals surface area contributed by atoms with Gasteiger partial charge in [0.05, 0.1) is 0 Å². The quantitative estimate of drug-likeness (QED) is 0.393. The van der Waals surface area contributed by atoms with Crippen LogP contribution in [-0.4, -0.2) is 0 Å². The summed E-state index contributed by atoms with van der Waals surface area (Å²) in [6.07, 6.45) is 0. The fourth-order valence-electron chi connectivity index (χ4n) is 0.342. The topological polar surface area (TPSA) is 17.1 Å². The van der Waals surface area contributed by atoms with Crippen molar-refractivity contribution in [1.29, 1.82) is 0 Å². The van der Waals surface area contributed by atoms with Crippen molar-refractivity contribution in [3.63, 3.8) is 0 Å². The van der Waals surface area contributed by atoms with Crippen LogP contribution in [0.3, 0.4) is 0 Å². The normalized spacial score (nSPS) is 6.75. The third-order valence-corrected chi connectivity index (χ3v) is 0.607. The first kappa shape index (κ1) is 7.73. The van der Waals surface area contributed by atoms with Gasteiger partial charge in [0.25, 0.3) is 0 Å². The van der Waals surface area contributed by atoms with E-state index in [2.05, 4.69) is 6.07 Å². The Morgan fingerprint density at radius 2 is 1.50 bits per heavy atom. The molecule has 0 bridgehead atoms. The fraction of sp³-hybridized carbons (Fsp3) is 0. The molecule has 0 spiro atoms. The summed E-state index contributed by atoms with van der Waals surface area (Å²) in [5, 5.41) is 0. The van der Waals surface area contributed by atoms with Crippen molar-refractivity contribution < 1.29 is 23.7 Å². The van der Waals surface area contributed by atoms with Crippen LogP contribution in [0.2, 0.25) is 0 Å². The van der Waals surface area contributed by atoms with E-state index in [1.807, 2.05) is 30.3 Å². The Kier molecular flexibility index (Phi) is 6.51. The minimum absolute atomic E-state index is 0.750. The van der Waals surface area contributed by atoms with Crippen LogP contribution < -0.4 is 0 Å². The smallest absolute Gasteiger partial charge is 0.171 e. The minimum Gasteiger partial charge on any atom is -0.184 e. The standard InChI is InChI=1S/C6H5.O.Ti/c1-2-4-6-5-3-1;;/h1-5H;;/q-1;;+1. The molecule has 0 aliphatic heterocycles. The zero-order valence-electron chi connectivity index (χ0n) is 4.29. The number of hydrogen-bond donors (Lipinski definition) is 0. The molecule has 0 radical (unpaired) electrons. The summed E-state index contributed by atoms with van der Waals surface area (Å²) in [5.74, 6) is 0. The van der Waals surface area contributed by atoms with Gasteiger partial charge in [0.2, 0.25) is 0 Å². The largest absolute Gasteiger partial charge is 0.184 e. The van der Waals surface area contributed by atoms with E-state index in [9.17, 15) is 0 Å². The van der Waals surface area contributed by atoms with Gasteiger partial charge in [-0.2, -0.15) is 36.4 Å². The molecule has 0 fully saturated rings. The van der Waals surface area contributed by atoms with E-state index in [1.54, 1.807) is 0 Å². The summed E-state index contributed by atoms with van der Waals surface area (Å²) in [4.78, 5) is 0. The molecule has 0 aromatic heterocycles. The Bertz CT molecular complexity index is 91.4. The maximum absolute atomic E-state index is 8.25. The summed E-state index contributed by atoms with van der Waals surface area (Å²) in [6.45, 7) is 0. The molecule has 0 saturated heterocycles. The van der Waals surface area contributed by atoms with Crippen molar-refractivity contribution in [3.8, 4) is 0 Å². The summed E-state index contributed by atoms with van der Waals surface area (Å²) >= 11 is 0.750. The Morgan fingerprint density at radius 3 is 1.62 bits per heavy atom. The summed E-state index contributed by atoms with van der Waals surface area (Å²) in [6, 6.07) is 12.5. The molecule has 0 heterocycles. The van der Waals surface area contributed by atoms with Gasteiger partial charge in [-0.3, -0.25) is 0 Å². The predicted octanol–water partition coefficient (Wildman–Crippen LogP) is 1.37. The molecule has 0 aliphatic rings. The van der Waals surface area contributed by atoms with Crippen molar-refractivity contribution >= 4 is 0 Å². The minimum atomic E-state index is 0.750. The van der Waals surface area contributed by atoms with Crippen molar-refractivity contribution in [1.82, 2.24) is 0 Å². The molecule has 0 aliphatic carbocycles. The second kappa shape index (κ2) is 6.73. The van der Waals surface area contributed by atoms with Gasteiger partial charge in [0, 0.05) is 0 Å². The third-order valence-electron chi connectivity index (χ3n) is 0.607. The number of hydrogen-bond acceptors (Lipinski definition) is 1. The van der Waals surface area contributed by atoms with Crippen LogP contribution >= 0.6 is 0 Å². The van der Waals surface area contributed by atoms with Gasteiger partial charge in [-0.15, -0.1) is 0 Å². The first-order valence-corrected chi connectivity index (χ1v) is 2.75. The molecule has 8 heavy (non-hydrogen) atoms. The maximum Gasteiger partial charge on any atom is -0.171 e. The molecule has 1 rings (SSSR count). The van der Waals surface area contributed by atoms with Gasteiger partial charge in [0.1, 0.15) is 0 Å². The van der Waals surface area contributed by atoms with E-state index in [0.29, 0.717) is 0 Å². The molecule has 1 aromatic rings. The molecule has 0 amide bonds. The average Bonchev–Trinajstić information content (AvgIpc) is 1.96. The maximum atomic E-state index is 8.25. The fourth-order valence-corrected chi connectivity index (χ4v) is 0.342. The molecule has 1 nitrogen and oxygen atoms in total. The van der Waals surface area contributed by atoms with E-state index < -0.39 is 0 Å². The second-order valence-electron chi connectivity index (χ2n) is 1.08. The van der Waals surface area contributed by atoms with E-state index in [1.165, 1.54) is 0 Å². The predicted molar refractivity (Wildman–Crippen MR) is 26.0 cm³/mol. The average molecular weight is 141 g/mol. The summed E-state index contributed by atoms with van der Waals surface area (Å²) in [5.41, 5.74) is 0.